The highest BCUT2D eigenvalue weighted by molar-refractivity contribution is 5.93. The molecule has 0 saturated carbocycles. The molecule has 5 nitrogen and oxygen atoms in total. The second-order valence-corrected chi connectivity index (χ2v) is 5.27. The lowest BCUT2D eigenvalue weighted by molar-refractivity contribution is 0.0732. The van der Waals surface area contributed by atoms with Crippen LogP contribution in [0.15, 0.2) is 41.2 Å². The van der Waals surface area contributed by atoms with Crippen molar-refractivity contribution in [2.75, 3.05) is 32.1 Å². The number of hydrogen-bond donors (Lipinski definition) is 0. The fraction of sp³-hybridized carbons (Fsp3) is 0.312. The molecule has 110 valence electrons. The Morgan fingerprint density at radius 1 is 1.29 bits per heavy atom. The molecule has 0 atom stereocenters. The van der Waals surface area contributed by atoms with Crippen LogP contribution >= 0.6 is 0 Å². The van der Waals surface area contributed by atoms with Gasteiger partial charge in [-0.05, 0) is 24.3 Å². The van der Waals surface area contributed by atoms with Gasteiger partial charge in [-0.3, -0.25) is 4.79 Å². The van der Waals surface area contributed by atoms with E-state index >= 15 is 0 Å². The maximum absolute atomic E-state index is 12.4. The minimum atomic E-state index is -0.0320. The van der Waals surface area contributed by atoms with Crippen LogP contribution in [-0.4, -0.2) is 38.1 Å². The van der Waals surface area contributed by atoms with Crippen molar-refractivity contribution in [1.29, 1.82) is 0 Å². The summed E-state index contributed by atoms with van der Waals surface area (Å²) >= 11 is 0. The van der Waals surface area contributed by atoms with Gasteiger partial charge in [-0.25, -0.2) is 0 Å². The smallest absolute Gasteiger partial charge is 0.257 e. The number of benzene rings is 1. The number of amides is 1. The highest BCUT2D eigenvalue weighted by Gasteiger charge is 2.22. The predicted octanol–water partition coefficient (Wildman–Crippen LogP) is 2.38. The van der Waals surface area contributed by atoms with E-state index in [1.807, 2.05) is 31.1 Å². The first-order chi connectivity index (χ1) is 10.1. The predicted molar refractivity (Wildman–Crippen MR) is 79.7 cm³/mol. The molecule has 21 heavy (non-hydrogen) atoms. The number of furan rings is 1. The molecular formula is C16H18N2O3. The van der Waals surface area contributed by atoms with Crippen LogP contribution in [0.4, 0.5) is 5.69 Å². The van der Waals surface area contributed by atoms with Crippen LogP contribution < -0.4 is 9.64 Å². The zero-order valence-corrected chi connectivity index (χ0v) is 12.2. The highest BCUT2D eigenvalue weighted by atomic mass is 16.5. The number of rotatable bonds is 2. The molecule has 0 aliphatic carbocycles. The number of nitrogens with zero attached hydrogens (tertiary/aromatic N) is 2. The molecule has 2 heterocycles. The minimum absolute atomic E-state index is 0.0320. The van der Waals surface area contributed by atoms with E-state index in [0.29, 0.717) is 25.3 Å². The third-order valence-electron chi connectivity index (χ3n) is 3.60. The quantitative estimate of drug-likeness (QED) is 0.850. The van der Waals surface area contributed by atoms with Crippen molar-refractivity contribution in [2.45, 2.75) is 6.54 Å². The third kappa shape index (κ3) is 2.72. The number of carbonyl (C=O) groups is 1. The van der Waals surface area contributed by atoms with Gasteiger partial charge in [0.05, 0.1) is 18.4 Å². The molecule has 0 spiro atoms. The fourth-order valence-electron chi connectivity index (χ4n) is 2.40. The number of ether oxygens (including phenoxy) is 1. The van der Waals surface area contributed by atoms with E-state index in [-0.39, 0.29) is 5.91 Å². The summed E-state index contributed by atoms with van der Waals surface area (Å²) in [5.41, 5.74) is 2.69. The number of anilines is 1. The Morgan fingerprint density at radius 3 is 2.86 bits per heavy atom. The van der Waals surface area contributed by atoms with Gasteiger partial charge in [-0.2, -0.15) is 0 Å². The van der Waals surface area contributed by atoms with Gasteiger partial charge in [0.15, 0.2) is 0 Å². The van der Waals surface area contributed by atoms with Gasteiger partial charge in [0.2, 0.25) is 0 Å². The van der Waals surface area contributed by atoms with Crippen molar-refractivity contribution in [1.82, 2.24) is 4.90 Å². The molecule has 1 aromatic heterocycles. The van der Waals surface area contributed by atoms with E-state index in [0.717, 1.165) is 17.0 Å². The molecule has 5 heteroatoms. The fourth-order valence-corrected chi connectivity index (χ4v) is 2.40. The first-order valence-corrected chi connectivity index (χ1v) is 6.89. The van der Waals surface area contributed by atoms with E-state index in [2.05, 4.69) is 6.07 Å². The summed E-state index contributed by atoms with van der Waals surface area (Å²) in [6.07, 6.45) is 2.99. The Morgan fingerprint density at radius 2 is 2.14 bits per heavy atom. The lowest BCUT2D eigenvalue weighted by atomic mass is 10.1. The van der Waals surface area contributed by atoms with Crippen LogP contribution in [0, 0.1) is 0 Å². The SMILES string of the molecule is CN(C)c1ccc2c(c1)CN(C(=O)c1ccoc1)CCO2. The van der Waals surface area contributed by atoms with Gasteiger partial charge in [-0.1, -0.05) is 0 Å². The van der Waals surface area contributed by atoms with Gasteiger partial charge in [-0.15, -0.1) is 0 Å². The molecule has 0 N–H and O–H groups in total. The summed E-state index contributed by atoms with van der Waals surface area (Å²) in [5, 5.41) is 0. The molecule has 0 unspecified atom stereocenters. The average molecular weight is 286 g/mol. The van der Waals surface area contributed by atoms with Crippen molar-refractivity contribution in [3.05, 3.63) is 47.9 Å². The zero-order chi connectivity index (χ0) is 14.8. The van der Waals surface area contributed by atoms with Crippen LogP contribution in [0.5, 0.6) is 5.75 Å². The average Bonchev–Trinajstić information content (AvgIpc) is 2.92. The zero-order valence-electron chi connectivity index (χ0n) is 12.2. The van der Waals surface area contributed by atoms with Gasteiger partial charge in [0.25, 0.3) is 5.91 Å². The Kier molecular flexibility index (Phi) is 3.56. The van der Waals surface area contributed by atoms with Crippen molar-refractivity contribution in [3.8, 4) is 5.75 Å². The topological polar surface area (TPSA) is 45.9 Å². The summed E-state index contributed by atoms with van der Waals surface area (Å²) in [7, 11) is 3.99. The second kappa shape index (κ2) is 5.52. The summed E-state index contributed by atoms with van der Waals surface area (Å²) in [6.45, 7) is 1.61. The van der Waals surface area contributed by atoms with Gasteiger partial charge < -0.3 is 19.0 Å². The molecule has 1 amide bonds. The summed E-state index contributed by atoms with van der Waals surface area (Å²) in [4.78, 5) is 16.3. The first kappa shape index (κ1) is 13.5. The van der Waals surface area contributed by atoms with Crippen molar-refractivity contribution >= 4 is 11.6 Å². The van der Waals surface area contributed by atoms with Gasteiger partial charge in [0.1, 0.15) is 18.6 Å². The third-order valence-corrected chi connectivity index (χ3v) is 3.60. The Balaban J connectivity index is 1.87. The molecule has 1 aliphatic heterocycles. The van der Waals surface area contributed by atoms with Crippen molar-refractivity contribution in [3.63, 3.8) is 0 Å². The van der Waals surface area contributed by atoms with Crippen LogP contribution in [-0.2, 0) is 6.54 Å². The molecule has 1 aromatic carbocycles. The van der Waals surface area contributed by atoms with E-state index in [1.54, 1.807) is 11.0 Å². The Labute approximate surface area is 123 Å². The lowest BCUT2D eigenvalue weighted by Gasteiger charge is -2.20. The Hall–Kier alpha value is -2.43. The molecular weight excluding hydrogens is 268 g/mol. The van der Waals surface area contributed by atoms with Crippen molar-refractivity contribution < 1.29 is 13.9 Å². The van der Waals surface area contributed by atoms with E-state index in [1.165, 1.54) is 12.5 Å². The summed E-state index contributed by atoms with van der Waals surface area (Å²) in [5.74, 6) is 0.818. The van der Waals surface area contributed by atoms with Gasteiger partial charge in [0, 0.05) is 31.9 Å². The second-order valence-electron chi connectivity index (χ2n) is 5.27. The van der Waals surface area contributed by atoms with E-state index in [9.17, 15) is 4.79 Å². The monoisotopic (exact) mass is 286 g/mol. The minimum Gasteiger partial charge on any atom is -0.491 e. The van der Waals surface area contributed by atoms with Crippen molar-refractivity contribution in [2.24, 2.45) is 0 Å². The molecule has 0 saturated heterocycles. The molecule has 1 aliphatic rings. The number of hydrogen-bond acceptors (Lipinski definition) is 4. The molecule has 3 rings (SSSR count). The van der Waals surface area contributed by atoms with E-state index in [4.69, 9.17) is 9.15 Å². The molecule has 2 aromatic rings. The first-order valence-electron chi connectivity index (χ1n) is 6.89. The Bertz CT molecular complexity index is 635. The molecule has 0 bridgehead atoms. The van der Waals surface area contributed by atoms with Crippen LogP contribution in [0.1, 0.15) is 15.9 Å². The molecule has 0 fully saturated rings. The van der Waals surface area contributed by atoms with E-state index < -0.39 is 0 Å². The normalized spacial score (nSPS) is 14.1. The standard InChI is InChI=1S/C16H18N2O3/c1-17(2)14-3-4-15-13(9-14)10-18(6-8-21-15)16(19)12-5-7-20-11-12/h3-5,7,9,11H,6,8,10H2,1-2H3. The summed E-state index contributed by atoms with van der Waals surface area (Å²) < 4.78 is 10.7. The number of fused-ring (bicyclic) bond motifs is 1. The number of carbonyl (C=O) groups excluding carboxylic acids is 1. The summed E-state index contributed by atoms with van der Waals surface area (Å²) in [6, 6.07) is 7.74. The lowest BCUT2D eigenvalue weighted by Crippen LogP contribution is -2.32. The maximum Gasteiger partial charge on any atom is 0.257 e. The largest absolute Gasteiger partial charge is 0.491 e. The van der Waals surface area contributed by atoms with Gasteiger partial charge >= 0.3 is 0 Å². The van der Waals surface area contributed by atoms with Crippen LogP contribution in [0.25, 0.3) is 0 Å². The highest BCUT2D eigenvalue weighted by Crippen LogP contribution is 2.28. The van der Waals surface area contributed by atoms with Crippen LogP contribution in [0.2, 0.25) is 0 Å². The van der Waals surface area contributed by atoms with Crippen LogP contribution in [0.3, 0.4) is 0 Å². The molecule has 0 radical (unpaired) electrons. The maximum atomic E-state index is 12.4.